The Morgan fingerprint density at radius 3 is 1.19 bits per heavy atom. The maximum absolute atomic E-state index is 14.1. The first kappa shape index (κ1) is 91.1. The lowest BCUT2D eigenvalue weighted by Gasteiger charge is -2.34. The van der Waals surface area contributed by atoms with Gasteiger partial charge in [0, 0.05) is 80.9 Å². The summed E-state index contributed by atoms with van der Waals surface area (Å²) in [6.45, 7) is 25.5. The number of nitrogens with zero attached hydrogens (tertiary/aromatic N) is 8. The largest absolute Gasteiger partial charge is 0.488 e. The first-order chi connectivity index (χ1) is 60.5. The molecule has 0 spiro atoms. The number of fused-ring (bicyclic) bond motifs is 12. The Labute approximate surface area is 738 Å². The number of likely N-dealkylation sites (tertiary alicyclic amines) is 4. The van der Waals surface area contributed by atoms with Crippen LogP contribution in [0.2, 0.25) is 0 Å². The number of carboxylic acids is 1. The van der Waals surface area contributed by atoms with Gasteiger partial charge in [0.25, 0.3) is 0 Å². The molecule has 0 radical (unpaired) electrons. The lowest BCUT2D eigenvalue weighted by atomic mass is 9.91. The summed E-state index contributed by atoms with van der Waals surface area (Å²) in [6, 6.07) is 26.2. The van der Waals surface area contributed by atoms with Crippen molar-refractivity contribution in [2.75, 3.05) is 42.7 Å². The summed E-state index contributed by atoms with van der Waals surface area (Å²) in [4.78, 5) is 134. The molecular weight excluding hydrogens is 1630 g/mol. The molecular formula is C95H117N13O19. The number of amides is 7. The van der Waals surface area contributed by atoms with Crippen LogP contribution in [0.15, 0.2) is 107 Å². The molecule has 16 rings (SSSR count). The van der Waals surface area contributed by atoms with Crippen LogP contribution in [0.5, 0.6) is 11.5 Å². The minimum Gasteiger partial charge on any atom is -0.488 e. The number of ether oxygens (including phenoxy) is 10. The number of rotatable bonds is 18. The van der Waals surface area contributed by atoms with Crippen LogP contribution in [0.3, 0.4) is 0 Å². The number of aromatic amines is 2. The zero-order valence-corrected chi connectivity index (χ0v) is 75.7. The summed E-state index contributed by atoms with van der Waals surface area (Å²) in [5.41, 5.74) is 15.1. The average molecular weight is 1750 g/mol. The van der Waals surface area contributed by atoms with Crippen molar-refractivity contribution < 1.29 is 90.8 Å². The van der Waals surface area contributed by atoms with Crippen LogP contribution in [0.25, 0.3) is 66.3 Å². The van der Waals surface area contributed by atoms with Crippen molar-refractivity contribution in [1.29, 1.82) is 0 Å². The van der Waals surface area contributed by atoms with E-state index >= 15 is 0 Å². The molecule has 6 aromatic carbocycles. The molecule has 8 aromatic rings. The van der Waals surface area contributed by atoms with E-state index in [1.807, 2.05) is 82.4 Å². The van der Waals surface area contributed by atoms with E-state index < -0.39 is 71.9 Å². The average Bonchev–Trinajstić information content (AvgIpc) is 1.72. The summed E-state index contributed by atoms with van der Waals surface area (Å²) in [7, 11) is 8.07. The number of carbonyl (C=O) groups excluding carboxylic acids is 7. The van der Waals surface area contributed by atoms with Gasteiger partial charge in [-0.2, -0.15) is 0 Å². The molecule has 0 bridgehead atoms. The van der Waals surface area contributed by atoms with Gasteiger partial charge in [-0.1, -0.05) is 36.4 Å². The van der Waals surface area contributed by atoms with Crippen LogP contribution in [0.4, 0.5) is 35.3 Å². The fraction of sp³-hybridized carbons (Fsp3) is 0.495. The lowest BCUT2D eigenvalue weighted by Crippen LogP contribution is -2.57. The van der Waals surface area contributed by atoms with Gasteiger partial charge in [-0.25, -0.2) is 38.7 Å². The van der Waals surface area contributed by atoms with Gasteiger partial charge < -0.3 is 88.2 Å². The Hall–Kier alpha value is -12.2. The molecule has 0 saturated carbocycles. The zero-order valence-electron chi connectivity index (χ0n) is 75.7. The third-order valence-electron chi connectivity index (χ3n) is 25.5. The molecule has 32 nitrogen and oxygen atoms in total. The Bertz CT molecular complexity index is 5610. The van der Waals surface area contributed by atoms with Gasteiger partial charge in [0.1, 0.15) is 59.6 Å². The first-order valence-electron chi connectivity index (χ1n) is 43.5. The van der Waals surface area contributed by atoms with E-state index in [9.17, 15) is 38.4 Å². The molecule has 0 unspecified atom stereocenters. The second-order valence-corrected chi connectivity index (χ2v) is 36.0. The van der Waals surface area contributed by atoms with Gasteiger partial charge in [-0.15, -0.1) is 0 Å². The van der Waals surface area contributed by atoms with E-state index in [2.05, 4.69) is 123 Å². The lowest BCUT2D eigenvalue weighted by molar-refractivity contribution is -0.143. The third kappa shape index (κ3) is 19.0. The minimum absolute atomic E-state index is 0.0448. The molecule has 10 heterocycles. The normalized spacial score (nSPS) is 21.5. The molecule has 4 fully saturated rings. The number of hydrogen-bond acceptors (Lipinski definition) is 22. The number of methoxy groups -OCH3 is 6. The minimum atomic E-state index is -1.17. The first-order valence-corrected chi connectivity index (χ1v) is 43.5. The summed E-state index contributed by atoms with van der Waals surface area (Å²) < 4.78 is 54.0. The number of H-pyrrole nitrogens is 2. The Balaban J connectivity index is 0.000000182. The second-order valence-electron chi connectivity index (χ2n) is 36.0. The molecule has 32 heteroatoms. The van der Waals surface area contributed by atoms with Gasteiger partial charge in [-0.05, 0) is 256 Å². The van der Waals surface area contributed by atoms with Gasteiger partial charge in [0.15, 0.2) is 6.04 Å². The van der Waals surface area contributed by atoms with Crippen LogP contribution in [0.1, 0.15) is 187 Å². The summed E-state index contributed by atoms with van der Waals surface area (Å²) in [6.07, 6.45) is 7.05. The number of carboxylic acid groups (broad SMARTS) is 1. The molecule has 14 atom stereocenters. The van der Waals surface area contributed by atoms with Crippen LogP contribution >= 0.6 is 0 Å². The van der Waals surface area contributed by atoms with E-state index in [4.69, 9.17) is 67.7 Å². The van der Waals surface area contributed by atoms with Crippen molar-refractivity contribution in [1.82, 2.24) is 55.5 Å². The predicted octanol–water partition coefficient (Wildman–Crippen LogP) is 15.9. The SMILES string of the molecule is COC(=O)N[C@H](C(=O)N1[C@@H](C)CC[C@H]1C1=Nc2ccc3cc4c(cc3c2C1)OCc1cc(-c2cnc([C@@H]3CC[C@H](C)N3C(=O)[C@@H](NC(=O)OC)[C@@H](C)OC)[nH]2)ccc1-4)[C@@H](C)OC.COC(=O)N[C@H](C(=O)O)[C@@H](C)OC.C[C@H]1CC[C@@H](C2=Nc3ccc4cc5c(cc4c3C2)OCc2cc(-c3cnc([C@@H]4CC[C@H](C)N4C(=O)OC(C)(C)C)[nH]3)ccc2-5)N1C(=O)OC(C)(C)C. The third-order valence-corrected chi connectivity index (χ3v) is 25.5. The number of aliphatic carboxylic acids is 1. The summed E-state index contributed by atoms with van der Waals surface area (Å²) in [5.74, 6) is 1.46. The van der Waals surface area contributed by atoms with E-state index in [0.29, 0.717) is 38.3 Å². The van der Waals surface area contributed by atoms with E-state index in [1.165, 1.54) is 48.0 Å². The van der Waals surface area contributed by atoms with Gasteiger partial charge >= 0.3 is 36.4 Å². The number of carbonyl (C=O) groups is 8. The molecule has 676 valence electrons. The highest BCUT2D eigenvalue weighted by atomic mass is 16.6. The quantitative estimate of drug-likeness (QED) is 0.0435. The van der Waals surface area contributed by atoms with Gasteiger partial charge in [-0.3, -0.25) is 29.4 Å². The van der Waals surface area contributed by atoms with Crippen molar-refractivity contribution in [3.63, 3.8) is 0 Å². The Morgan fingerprint density at radius 2 is 0.803 bits per heavy atom. The number of hydrogen-bond donors (Lipinski definition) is 6. The second kappa shape index (κ2) is 37.4. The number of benzene rings is 6. The van der Waals surface area contributed by atoms with E-state index in [1.54, 1.807) is 24.9 Å². The van der Waals surface area contributed by atoms with Gasteiger partial charge in [0.2, 0.25) is 11.8 Å². The molecule has 6 N–H and O–H groups in total. The molecule has 0 aliphatic carbocycles. The van der Waals surface area contributed by atoms with Crippen LogP contribution in [-0.2, 0) is 78.3 Å². The number of aliphatic imine (C=N–C) groups is 2. The van der Waals surface area contributed by atoms with Crippen LogP contribution in [0, 0.1) is 0 Å². The molecule has 2 aromatic heterocycles. The molecule has 7 amide bonds. The number of imidazole rings is 2. The van der Waals surface area contributed by atoms with E-state index in [0.717, 1.165) is 175 Å². The maximum atomic E-state index is 14.1. The van der Waals surface area contributed by atoms with Crippen molar-refractivity contribution in [3.8, 4) is 56.3 Å². The highest BCUT2D eigenvalue weighted by molar-refractivity contribution is 6.08. The molecule has 8 aliphatic rings. The fourth-order valence-corrected chi connectivity index (χ4v) is 18.6. The van der Waals surface area contributed by atoms with Crippen molar-refractivity contribution in [3.05, 3.63) is 131 Å². The molecule has 4 saturated heterocycles. The molecule has 127 heavy (non-hydrogen) atoms. The number of aromatic nitrogens is 4. The Kier molecular flexibility index (Phi) is 26.8. The maximum Gasteiger partial charge on any atom is 0.411 e. The zero-order chi connectivity index (χ0) is 91.1. The standard InChI is InChI=1S/C46H55N7O9.C42H49N5O5.C7H13NO5/c1-23-9-15-37(52(23)43(54)40(25(3)58-5)50-45(56)60-7)35-19-32-31-20-39-33(18-27(31)12-14-34(32)48-35)30-13-11-28(17-29(30)22-62-39)36-21-47-42(49-36)38-16-10-24(2)53(38)44(55)41(26(4)59-6)51-46(57)61-8;1-23-9-15-35(46(23)39(48)51-41(3,4)5)33-19-30-29-20-37-31(18-25(29)12-14-32(30)44-33)28-13-11-26(17-27(28)22-50-37)34-21-43-38(45-34)36-16-10-24(2)47(36)40(49)52-42(6,7)8;1-4(12-2)5(6(9)10)8-7(11)13-3/h11-14,17-18,20-21,23-26,37-38,40-41H,9-10,15-16,19,22H2,1-8H3,(H,47,49)(H,50,56)(H,51,57);11-14,17-18,20-21,23-24,35-36H,9-10,15-16,19,22H2,1-8H3,(H,43,45);4-5H,1-3H3,(H,8,11)(H,9,10)/t23-,24-,25+,26+,37-,38-,40-,41-;23-,24-,35-,36-;4-,5+/m001/s1. The van der Waals surface area contributed by atoms with Crippen molar-refractivity contribution in [2.24, 2.45) is 9.98 Å². The summed E-state index contributed by atoms with van der Waals surface area (Å²) in [5, 5.41) is 20.5. The fourth-order valence-electron chi connectivity index (χ4n) is 18.6. The van der Waals surface area contributed by atoms with E-state index in [-0.39, 0.29) is 72.3 Å². The summed E-state index contributed by atoms with van der Waals surface area (Å²) >= 11 is 0. The van der Waals surface area contributed by atoms with Crippen molar-refractivity contribution in [2.45, 2.75) is 263 Å². The number of nitrogens with one attached hydrogen (secondary N) is 5. The molecule has 8 aliphatic heterocycles. The number of alkyl carbamates (subject to hydrolysis) is 3. The Morgan fingerprint density at radius 1 is 0.449 bits per heavy atom. The van der Waals surface area contributed by atoms with Crippen LogP contribution in [-0.4, -0.2) is 231 Å². The highest BCUT2D eigenvalue weighted by Crippen LogP contribution is 2.49. The van der Waals surface area contributed by atoms with Crippen molar-refractivity contribution >= 4 is 92.6 Å². The smallest absolute Gasteiger partial charge is 0.411 e. The monoisotopic (exact) mass is 1740 g/mol. The highest BCUT2D eigenvalue weighted by Gasteiger charge is 2.47. The topological polar surface area (TPSA) is 380 Å². The van der Waals surface area contributed by atoms with Crippen LogP contribution < -0.4 is 25.4 Å². The van der Waals surface area contributed by atoms with Gasteiger partial charge in [0.05, 0.1) is 99.0 Å². The predicted molar refractivity (Wildman–Crippen MR) is 477 cm³/mol.